The van der Waals surface area contributed by atoms with E-state index in [1.54, 1.807) is 31.6 Å². The number of hydrogen-bond donors (Lipinski definition) is 2. The third-order valence-corrected chi connectivity index (χ3v) is 4.61. The second-order valence-electron chi connectivity index (χ2n) is 6.65. The van der Waals surface area contributed by atoms with E-state index < -0.39 is 0 Å². The number of nitrogens with one attached hydrogen (secondary N) is 2. The van der Waals surface area contributed by atoms with Crippen LogP contribution in [0.2, 0.25) is 0 Å². The molecule has 0 aliphatic carbocycles. The van der Waals surface area contributed by atoms with Crippen LogP contribution in [0.5, 0.6) is 0 Å². The Labute approximate surface area is 169 Å². The van der Waals surface area contributed by atoms with Crippen molar-refractivity contribution in [2.75, 3.05) is 51.2 Å². The molecule has 1 amide bonds. The number of anilines is 1. The highest BCUT2D eigenvalue weighted by Gasteiger charge is 2.20. The van der Waals surface area contributed by atoms with Crippen LogP contribution in [0, 0.1) is 5.82 Å². The summed E-state index contributed by atoms with van der Waals surface area (Å²) in [6.45, 7) is 4.27. The van der Waals surface area contributed by atoms with Crippen LogP contribution in [-0.4, -0.2) is 73.1 Å². The third-order valence-electron chi connectivity index (χ3n) is 4.61. The molecule has 8 nitrogen and oxygen atoms in total. The molecule has 1 fully saturated rings. The predicted molar refractivity (Wildman–Crippen MR) is 110 cm³/mol. The number of guanidine groups is 1. The number of benzene rings is 1. The summed E-state index contributed by atoms with van der Waals surface area (Å²) in [4.78, 5) is 29.2. The molecule has 29 heavy (non-hydrogen) atoms. The molecule has 2 aromatic rings. The van der Waals surface area contributed by atoms with Crippen molar-refractivity contribution >= 4 is 17.8 Å². The van der Waals surface area contributed by atoms with Gasteiger partial charge < -0.3 is 20.4 Å². The van der Waals surface area contributed by atoms with Gasteiger partial charge in [0.25, 0.3) is 0 Å². The van der Waals surface area contributed by atoms with Crippen LogP contribution < -0.4 is 15.5 Å². The lowest BCUT2D eigenvalue weighted by Crippen LogP contribution is -2.53. The molecule has 1 aromatic heterocycles. The topological polar surface area (TPSA) is 85.8 Å². The lowest BCUT2D eigenvalue weighted by molar-refractivity contribution is -0.120. The standard InChI is InChI=1S/C20H26FN7O/c1-22-19(27-10-12-28(13-11-27)20-24-6-3-7-25-20)26-9-8-23-18(29)15-16-4-2-5-17(21)14-16/h2-7,14H,8-13,15H2,1H3,(H,22,26)(H,23,29). The molecule has 2 heterocycles. The molecule has 1 aliphatic rings. The van der Waals surface area contributed by atoms with Crippen molar-refractivity contribution in [3.63, 3.8) is 0 Å². The summed E-state index contributed by atoms with van der Waals surface area (Å²) >= 11 is 0. The molecule has 0 saturated carbocycles. The maximum Gasteiger partial charge on any atom is 0.225 e. The van der Waals surface area contributed by atoms with E-state index in [1.807, 2.05) is 6.07 Å². The second kappa shape index (κ2) is 10.4. The van der Waals surface area contributed by atoms with Crippen LogP contribution in [0.3, 0.4) is 0 Å². The minimum absolute atomic E-state index is 0.135. The van der Waals surface area contributed by atoms with E-state index in [9.17, 15) is 9.18 Å². The molecule has 0 unspecified atom stereocenters. The first kappa shape index (κ1) is 20.5. The number of hydrogen-bond acceptors (Lipinski definition) is 5. The maximum atomic E-state index is 13.2. The van der Waals surface area contributed by atoms with Crippen molar-refractivity contribution in [3.05, 3.63) is 54.1 Å². The van der Waals surface area contributed by atoms with E-state index in [1.165, 1.54) is 12.1 Å². The summed E-state index contributed by atoms with van der Waals surface area (Å²) in [7, 11) is 1.75. The van der Waals surface area contributed by atoms with E-state index in [2.05, 4.69) is 35.4 Å². The van der Waals surface area contributed by atoms with Crippen molar-refractivity contribution < 1.29 is 9.18 Å². The van der Waals surface area contributed by atoms with E-state index in [-0.39, 0.29) is 18.1 Å². The number of nitrogens with zero attached hydrogens (tertiary/aromatic N) is 5. The van der Waals surface area contributed by atoms with E-state index in [0.717, 1.165) is 38.1 Å². The Bertz CT molecular complexity index is 823. The Kier molecular flexibility index (Phi) is 7.32. The predicted octanol–water partition coefficient (Wildman–Crippen LogP) is 0.672. The summed E-state index contributed by atoms with van der Waals surface area (Å²) in [5.74, 6) is 1.08. The van der Waals surface area contributed by atoms with Crippen molar-refractivity contribution in [1.29, 1.82) is 0 Å². The molecular formula is C20H26FN7O. The van der Waals surface area contributed by atoms with Gasteiger partial charge in [-0.2, -0.15) is 0 Å². The fourth-order valence-electron chi connectivity index (χ4n) is 3.18. The van der Waals surface area contributed by atoms with Crippen LogP contribution in [0.15, 0.2) is 47.7 Å². The molecule has 9 heteroatoms. The first-order valence-corrected chi connectivity index (χ1v) is 9.64. The van der Waals surface area contributed by atoms with Crippen LogP contribution in [0.1, 0.15) is 5.56 Å². The van der Waals surface area contributed by atoms with Gasteiger partial charge in [-0.3, -0.25) is 9.79 Å². The van der Waals surface area contributed by atoms with Gasteiger partial charge >= 0.3 is 0 Å². The van der Waals surface area contributed by atoms with Gasteiger partial charge in [-0.1, -0.05) is 12.1 Å². The van der Waals surface area contributed by atoms with E-state index >= 15 is 0 Å². The van der Waals surface area contributed by atoms with Crippen LogP contribution in [0.25, 0.3) is 0 Å². The quantitative estimate of drug-likeness (QED) is 0.422. The normalized spacial score (nSPS) is 14.6. The zero-order chi connectivity index (χ0) is 20.5. The third kappa shape index (κ3) is 6.13. The maximum absolute atomic E-state index is 13.2. The highest BCUT2D eigenvalue weighted by molar-refractivity contribution is 5.80. The minimum Gasteiger partial charge on any atom is -0.354 e. The first-order chi connectivity index (χ1) is 14.2. The van der Waals surface area contributed by atoms with Gasteiger partial charge in [-0.05, 0) is 23.8 Å². The van der Waals surface area contributed by atoms with Gasteiger partial charge in [0.15, 0.2) is 5.96 Å². The van der Waals surface area contributed by atoms with Crippen molar-refractivity contribution in [2.24, 2.45) is 4.99 Å². The molecule has 2 N–H and O–H groups in total. The van der Waals surface area contributed by atoms with Crippen LogP contribution >= 0.6 is 0 Å². The molecule has 1 aliphatic heterocycles. The zero-order valence-electron chi connectivity index (χ0n) is 16.5. The SMILES string of the molecule is CN=C(NCCNC(=O)Cc1cccc(F)c1)N1CCN(c2ncccn2)CC1. The average Bonchev–Trinajstić information content (AvgIpc) is 2.75. The summed E-state index contributed by atoms with van der Waals surface area (Å²) < 4.78 is 13.2. The smallest absolute Gasteiger partial charge is 0.225 e. The lowest BCUT2D eigenvalue weighted by Gasteiger charge is -2.36. The van der Waals surface area contributed by atoms with Gasteiger partial charge in [-0.25, -0.2) is 14.4 Å². The van der Waals surface area contributed by atoms with Crippen molar-refractivity contribution in [1.82, 2.24) is 25.5 Å². The summed E-state index contributed by atoms with van der Waals surface area (Å²) in [6.07, 6.45) is 3.66. The van der Waals surface area contributed by atoms with Gasteiger partial charge in [0.05, 0.1) is 6.42 Å². The van der Waals surface area contributed by atoms with Gasteiger partial charge in [0.1, 0.15) is 5.82 Å². The Morgan fingerprint density at radius 2 is 1.83 bits per heavy atom. The molecule has 0 radical (unpaired) electrons. The van der Waals surface area contributed by atoms with Crippen LogP contribution in [-0.2, 0) is 11.2 Å². The number of rotatable bonds is 6. The highest BCUT2D eigenvalue weighted by Crippen LogP contribution is 2.09. The second-order valence-corrected chi connectivity index (χ2v) is 6.65. The molecule has 154 valence electrons. The fraction of sp³-hybridized carbons (Fsp3) is 0.400. The lowest BCUT2D eigenvalue weighted by atomic mass is 10.1. The number of carbonyl (C=O) groups excluding carboxylic acids is 1. The fourth-order valence-corrected chi connectivity index (χ4v) is 3.18. The molecule has 1 saturated heterocycles. The van der Waals surface area contributed by atoms with Crippen molar-refractivity contribution in [2.45, 2.75) is 6.42 Å². The molecule has 1 aromatic carbocycles. The summed E-state index contributed by atoms with van der Waals surface area (Å²) in [6, 6.07) is 7.89. The minimum atomic E-state index is -0.334. The number of halogens is 1. The Morgan fingerprint density at radius 3 is 2.52 bits per heavy atom. The zero-order valence-corrected chi connectivity index (χ0v) is 16.5. The Balaban J connectivity index is 1.37. The Morgan fingerprint density at radius 1 is 1.10 bits per heavy atom. The van der Waals surface area contributed by atoms with Gasteiger partial charge in [0.2, 0.25) is 11.9 Å². The number of carbonyl (C=O) groups is 1. The summed E-state index contributed by atoms with van der Waals surface area (Å²) in [5, 5.41) is 6.11. The van der Waals surface area contributed by atoms with E-state index in [0.29, 0.717) is 18.7 Å². The van der Waals surface area contributed by atoms with Crippen LogP contribution in [0.4, 0.5) is 10.3 Å². The highest BCUT2D eigenvalue weighted by atomic mass is 19.1. The van der Waals surface area contributed by atoms with Gasteiger partial charge in [0, 0.05) is 58.7 Å². The van der Waals surface area contributed by atoms with Gasteiger partial charge in [-0.15, -0.1) is 0 Å². The monoisotopic (exact) mass is 399 g/mol. The Hall–Kier alpha value is -3.23. The molecule has 0 spiro atoms. The first-order valence-electron chi connectivity index (χ1n) is 9.64. The molecule has 0 atom stereocenters. The molecule has 0 bridgehead atoms. The molecule has 3 rings (SSSR count). The number of aromatic nitrogens is 2. The molecular weight excluding hydrogens is 373 g/mol. The largest absolute Gasteiger partial charge is 0.354 e. The number of aliphatic imine (C=N–C) groups is 1. The number of piperazine rings is 1. The van der Waals surface area contributed by atoms with Crippen molar-refractivity contribution in [3.8, 4) is 0 Å². The average molecular weight is 399 g/mol. The summed E-state index contributed by atoms with van der Waals surface area (Å²) in [5.41, 5.74) is 0.659. The van der Waals surface area contributed by atoms with E-state index in [4.69, 9.17) is 0 Å². The number of amides is 1.